The molecule has 26 heavy (non-hydrogen) atoms. The van der Waals surface area contributed by atoms with Crippen molar-refractivity contribution < 1.29 is 24.2 Å². The summed E-state index contributed by atoms with van der Waals surface area (Å²) in [4.78, 5) is 42.1. The normalized spacial score (nSPS) is 9.88. The SMILES string of the molecule is COc1ccc(NC(=O)CCC(=O)O)cc1NC(=O)Nc1cnccn1. The lowest BCUT2D eigenvalue weighted by Gasteiger charge is -2.13. The summed E-state index contributed by atoms with van der Waals surface area (Å²) in [6, 6.07) is 4.06. The highest BCUT2D eigenvalue weighted by atomic mass is 16.5. The average molecular weight is 359 g/mol. The number of aromatic nitrogens is 2. The Hall–Kier alpha value is -3.69. The monoisotopic (exact) mass is 359 g/mol. The van der Waals surface area contributed by atoms with Gasteiger partial charge in [-0.25, -0.2) is 9.78 Å². The van der Waals surface area contributed by atoms with Crippen LogP contribution in [-0.4, -0.2) is 40.1 Å². The number of ether oxygens (including phenoxy) is 1. The summed E-state index contributed by atoms with van der Waals surface area (Å²) in [7, 11) is 1.44. The van der Waals surface area contributed by atoms with Crippen LogP contribution in [0.3, 0.4) is 0 Å². The Morgan fingerprint density at radius 1 is 1.12 bits per heavy atom. The summed E-state index contributed by atoms with van der Waals surface area (Å²) in [6.45, 7) is 0. The molecule has 1 aromatic carbocycles. The second-order valence-corrected chi connectivity index (χ2v) is 5.03. The molecule has 136 valence electrons. The fraction of sp³-hybridized carbons (Fsp3) is 0.188. The zero-order chi connectivity index (χ0) is 18.9. The molecule has 10 heteroatoms. The third kappa shape index (κ3) is 5.74. The molecule has 2 rings (SSSR count). The van der Waals surface area contributed by atoms with E-state index in [0.717, 1.165) is 0 Å². The average Bonchev–Trinajstić information content (AvgIpc) is 2.61. The van der Waals surface area contributed by atoms with Gasteiger partial charge in [0.05, 0.1) is 25.4 Å². The predicted octanol–water partition coefficient (Wildman–Crippen LogP) is 1.93. The highest BCUT2D eigenvalue weighted by Crippen LogP contribution is 2.28. The number of rotatable bonds is 7. The summed E-state index contributed by atoms with van der Waals surface area (Å²) < 4.78 is 5.17. The van der Waals surface area contributed by atoms with E-state index in [9.17, 15) is 14.4 Å². The van der Waals surface area contributed by atoms with E-state index in [1.54, 1.807) is 12.1 Å². The van der Waals surface area contributed by atoms with Crippen molar-refractivity contribution in [3.63, 3.8) is 0 Å². The molecule has 0 saturated heterocycles. The standard InChI is InChI=1S/C16H17N5O5/c1-26-12-3-2-10(19-14(22)4-5-15(23)24)8-11(12)20-16(25)21-13-9-17-6-7-18-13/h2-3,6-9H,4-5H2,1H3,(H,19,22)(H,23,24)(H2,18,20,21,25). The summed E-state index contributed by atoms with van der Waals surface area (Å²) in [5.74, 6) is -0.865. The Balaban J connectivity index is 2.05. The summed E-state index contributed by atoms with van der Waals surface area (Å²) in [5.41, 5.74) is 0.695. The molecule has 1 heterocycles. The van der Waals surface area contributed by atoms with Gasteiger partial charge in [0.2, 0.25) is 5.91 Å². The lowest BCUT2D eigenvalue weighted by molar-refractivity contribution is -0.138. The molecule has 0 aliphatic carbocycles. The zero-order valence-corrected chi connectivity index (χ0v) is 13.9. The second-order valence-electron chi connectivity index (χ2n) is 5.03. The van der Waals surface area contributed by atoms with Crippen LogP contribution in [0.4, 0.5) is 22.0 Å². The van der Waals surface area contributed by atoms with Gasteiger partial charge in [-0.3, -0.25) is 19.9 Å². The summed E-state index contributed by atoms with van der Waals surface area (Å²) >= 11 is 0. The van der Waals surface area contributed by atoms with E-state index in [2.05, 4.69) is 25.9 Å². The van der Waals surface area contributed by atoms with Crippen LogP contribution in [0.15, 0.2) is 36.8 Å². The number of carbonyl (C=O) groups excluding carboxylic acids is 2. The van der Waals surface area contributed by atoms with Crippen molar-refractivity contribution in [2.24, 2.45) is 0 Å². The molecule has 0 atom stereocenters. The third-order valence-corrected chi connectivity index (χ3v) is 3.10. The minimum atomic E-state index is -1.06. The van der Waals surface area contributed by atoms with E-state index in [1.165, 1.54) is 31.8 Å². The first kappa shape index (κ1) is 18.6. The summed E-state index contributed by atoms with van der Waals surface area (Å²) in [6.07, 6.45) is 3.87. The summed E-state index contributed by atoms with van der Waals surface area (Å²) in [5, 5.41) is 16.2. The van der Waals surface area contributed by atoms with Crippen LogP contribution < -0.4 is 20.7 Å². The molecule has 0 aliphatic rings. The minimum absolute atomic E-state index is 0.155. The number of carbonyl (C=O) groups is 3. The van der Waals surface area contributed by atoms with E-state index in [-0.39, 0.29) is 18.7 Å². The molecular weight excluding hydrogens is 342 g/mol. The number of urea groups is 1. The molecule has 0 spiro atoms. The van der Waals surface area contributed by atoms with Gasteiger partial charge >= 0.3 is 12.0 Å². The van der Waals surface area contributed by atoms with Crippen LogP contribution in [0.1, 0.15) is 12.8 Å². The fourth-order valence-electron chi connectivity index (χ4n) is 1.96. The maximum atomic E-state index is 12.1. The van der Waals surface area contributed by atoms with Crippen molar-refractivity contribution in [3.8, 4) is 5.75 Å². The first-order valence-corrected chi connectivity index (χ1v) is 7.51. The lowest BCUT2D eigenvalue weighted by Crippen LogP contribution is -2.21. The highest BCUT2D eigenvalue weighted by molar-refractivity contribution is 6.01. The van der Waals surface area contributed by atoms with Gasteiger partial charge in [-0.05, 0) is 18.2 Å². The first-order valence-electron chi connectivity index (χ1n) is 7.51. The van der Waals surface area contributed by atoms with E-state index < -0.39 is 17.9 Å². The Labute approximate surface area is 148 Å². The molecule has 0 unspecified atom stereocenters. The van der Waals surface area contributed by atoms with Crippen LogP contribution in [0, 0.1) is 0 Å². The quantitative estimate of drug-likeness (QED) is 0.591. The number of benzene rings is 1. The zero-order valence-electron chi connectivity index (χ0n) is 13.9. The number of nitrogens with zero attached hydrogens (tertiary/aromatic N) is 2. The molecule has 2 aromatic rings. The fourth-order valence-corrected chi connectivity index (χ4v) is 1.96. The number of amides is 3. The van der Waals surface area contributed by atoms with Crippen LogP contribution in [0.25, 0.3) is 0 Å². The molecule has 1 aromatic heterocycles. The third-order valence-electron chi connectivity index (χ3n) is 3.10. The van der Waals surface area contributed by atoms with E-state index in [0.29, 0.717) is 17.1 Å². The second kappa shape index (κ2) is 8.97. The number of hydrogen-bond acceptors (Lipinski definition) is 6. The van der Waals surface area contributed by atoms with Gasteiger partial charge in [-0.2, -0.15) is 0 Å². The minimum Gasteiger partial charge on any atom is -0.495 e. The topological polar surface area (TPSA) is 143 Å². The van der Waals surface area contributed by atoms with Crippen molar-refractivity contribution in [3.05, 3.63) is 36.8 Å². The van der Waals surface area contributed by atoms with E-state index in [4.69, 9.17) is 9.84 Å². The lowest BCUT2D eigenvalue weighted by atomic mass is 10.2. The van der Waals surface area contributed by atoms with Gasteiger partial charge in [-0.15, -0.1) is 0 Å². The van der Waals surface area contributed by atoms with Crippen molar-refractivity contribution in [1.29, 1.82) is 0 Å². The molecule has 0 radical (unpaired) electrons. The molecule has 10 nitrogen and oxygen atoms in total. The molecule has 4 N–H and O–H groups in total. The number of aliphatic carboxylic acids is 1. The van der Waals surface area contributed by atoms with Crippen LogP contribution in [0.5, 0.6) is 5.75 Å². The molecular formula is C16H17N5O5. The van der Waals surface area contributed by atoms with Crippen molar-refractivity contribution in [2.45, 2.75) is 12.8 Å². The molecule has 0 bridgehead atoms. The molecule has 0 saturated carbocycles. The number of nitrogens with one attached hydrogen (secondary N) is 3. The first-order chi connectivity index (χ1) is 12.5. The maximum absolute atomic E-state index is 12.1. The smallest absolute Gasteiger partial charge is 0.325 e. The Kier molecular flexibility index (Phi) is 6.43. The van der Waals surface area contributed by atoms with E-state index in [1.807, 2.05) is 0 Å². The Bertz CT molecular complexity index is 797. The number of carboxylic acids is 1. The number of carboxylic acid groups (broad SMARTS) is 1. The molecule has 3 amide bonds. The molecule has 0 fully saturated rings. The van der Waals surface area contributed by atoms with E-state index >= 15 is 0 Å². The number of methoxy groups -OCH3 is 1. The van der Waals surface area contributed by atoms with Crippen molar-refractivity contribution in [1.82, 2.24) is 9.97 Å². The Morgan fingerprint density at radius 2 is 1.92 bits per heavy atom. The van der Waals surface area contributed by atoms with Gasteiger partial charge in [0.25, 0.3) is 0 Å². The van der Waals surface area contributed by atoms with Crippen molar-refractivity contribution in [2.75, 3.05) is 23.1 Å². The number of anilines is 3. The van der Waals surface area contributed by atoms with Crippen LogP contribution >= 0.6 is 0 Å². The van der Waals surface area contributed by atoms with Gasteiger partial charge in [0, 0.05) is 24.5 Å². The highest BCUT2D eigenvalue weighted by Gasteiger charge is 2.11. The Morgan fingerprint density at radius 3 is 2.58 bits per heavy atom. The van der Waals surface area contributed by atoms with Gasteiger partial charge in [-0.1, -0.05) is 0 Å². The largest absolute Gasteiger partial charge is 0.495 e. The molecule has 0 aliphatic heterocycles. The maximum Gasteiger partial charge on any atom is 0.325 e. The van der Waals surface area contributed by atoms with Crippen molar-refractivity contribution >= 4 is 35.1 Å². The van der Waals surface area contributed by atoms with Gasteiger partial charge < -0.3 is 20.5 Å². The predicted molar refractivity (Wildman–Crippen MR) is 93.2 cm³/mol. The van der Waals surface area contributed by atoms with Gasteiger partial charge in [0.15, 0.2) is 5.82 Å². The van der Waals surface area contributed by atoms with Crippen LogP contribution in [-0.2, 0) is 9.59 Å². The number of hydrogen-bond donors (Lipinski definition) is 4. The van der Waals surface area contributed by atoms with Crippen LogP contribution in [0.2, 0.25) is 0 Å². The van der Waals surface area contributed by atoms with Gasteiger partial charge in [0.1, 0.15) is 5.75 Å².